The number of rotatable bonds is 8. The Morgan fingerprint density at radius 1 is 1.33 bits per heavy atom. The first-order chi connectivity index (χ1) is 12.7. The highest BCUT2D eigenvalue weighted by atomic mass is 19.4. The fourth-order valence-corrected chi connectivity index (χ4v) is 3.40. The van der Waals surface area contributed by atoms with Gasteiger partial charge in [-0.3, -0.25) is 4.99 Å². The third-order valence-corrected chi connectivity index (χ3v) is 5.52. The highest BCUT2D eigenvalue weighted by Gasteiger charge is 2.57. The summed E-state index contributed by atoms with van der Waals surface area (Å²) >= 11 is 0. The molecule has 0 radical (unpaired) electrons. The van der Waals surface area contributed by atoms with E-state index in [9.17, 15) is 18.3 Å². The predicted molar refractivity (Wildman–Crippen MR) is 98.3 cm³/mol. The smallest absolute Gasteiger partial charge is 0.374 e. The number of imidazole rings is 1. The van der Waals surface area contributed by atoms with Gasteiger partial charge in [0.1, 0.15) is 5.82 Å². The number of halogens is 3. The average Bonchev–Trinajstić information content (AvgIpc) is 2.99. The molecule has 3 N–H and O–H groups in total. The molecule has 1 aliphatic rings. The maximum atomic E-state index is 13.5. The number of nitrogens with one attached hydrogen (secondary N) is 2. The number of aliphatic imine (C=N–C) groups is 1. The lowest BCUT2D eigenvalue weighted by Crippen LogP contribution is -2.48. The van der Waals surface area contributed by atoms with Crippen molar-refractivity contribution in [2.45, 2.75) is 57.7 Å². The number of guanidine groups is 1. The molecule has 1 unspecified atom stereocenters. The van der Waals surface area contributed by atoms with E-state index < -0.39 is 24.0 Å². The van der Waals surface area contributed by atoms with Crippen LogP contribution in [0.15, 0.2) is 17.4 Å². The van der Waals surface area contributed by atoms with Gasteiger partial charge in [0.15, 0.2) is 5.96 Å². The Morgan fingerprint density at radius 3 is 2.48 bits per heavy atom. The molecule has 2 rings (SSSR count). The molecule has 0 bridgehead atoms. The SMILES string of the molecule is CCNC(=NCC1(CC)CCC1)NCCC(O)(c1nccn1C)C(F)(F)F. The van der Waals surface area contributed by atoms with Gasteiger partial charge in [-0.15, -0.1) is 0 Å². The highest BCUT2D eigenvalue weighted by Crippen LogP contribution is 2.44. The zero-order valence-corrected chi connectivity index (χ0v) is 16.2. The zero-order chi connectivity index (χ0) is 20.1. The second-order valence-corrected chi connectivity index (χ2v) is 7.30. The number of hydrogen-bond donors (Lipinski definition) is 3. The summed E-state index contributed by atoms with van der Waals surface area (Å²) in [6.45, 7) is 5.21. The Kier molecular flexibility index (Phi) is 6.77. The van der Waals surface area contributed by atoms with Crippen LogP contribution in [0.4, 0.5) is 13.2 Å². The standard InChI is InChI=1S/C18H30F3N5O/c1-4-16(7-6-8-16)13-25-15(22-5-2)24-10-9-17(27,18(19,20)21)14-23-11-12-26(14)3/h11-12,27H,4-10,13H2,1-3H3,(H2,22,24,25). The van der Waals surface area contributed by atoms with Gasteiger partial charge in [-0.2, -0.15) is 13.2 Å². The van der Waals surface area contributed by atoms with Crippen LogP contribution < -0.4 is 10.6 Å². The number of nitrogens with zero attached hydrogens (tertiary/aromatic N) is 3. The van der Waals surface area contributed by atoms with Crippen molar-refractivity contribution in [2.24, 2.45) is 17.5 Å². The van der Waals surface area contributed by atoms with Gasteiger partial charge < -0.3 is 20.3 Å². The summed E-state index contributed by atoms with van der Waals surface area (Å²) in [5.74, 6) is 0.0553. The summed E-state index contributed by atoms with van der Waals surface area (Å²) in [6, 6.07) is 0. The Bertz CT molecular complexity index is 634. The molecule has 1 aliphatic carbocycles. The minimum atomic E-state index is -4.83. The van der Waals surface area contributed by atoms with Gasteiger partial charge >= 0.3 is 6.18 Å². The number of alkyl halides is 3. The van der Waals surface area contributed by atoms with E-state index in [0.717, 1.165) is 19.3 Å². The third-order valence-electron chi connectivity index (χ3n) is 5.52. The monoisotopic (exact) mass is 389 g/mol. The molecule has 0 spiro atoms. The van der Waals surface area contributed by atoms with Crippen LogP contribution in [-0.2, 0) is 12.6 Å². The van der Waals surface area contributed by atoms with Gasteiger partial charge in [-0.1, -0.05) is 13.3 Å². The van der Waals surface area contributed by atoms with E-state index in [0.29, 0.717) is 19.0 Å². The van der Waals surface area contributed by atoms with Crippen LogP contribution in [0.1, 0.15) is 51.8 Å². The summed E-state index contributed by atoms with van der Waals surface area (Å²) in [6.07, 6.45) is 1.76. The molecule has 154 valence electrons. The van der Waals surface area contributed by atoms with Crippen LogP contribution in [0, 0.1) is 5.41 Å². The van der Waals surface area contributed by atoms with Crippen molar-refractivity contribution in [3.63, 3.8) is 0 Å². The number of aromatic nitrogens is 2. The molecule has 1 saturated carbocycles. The molecule has 0 aromatic carbocycles. The van der Waals surface area contributed by atoms with Crippen molar-refractivity contribution >= 4 is 5.96 Å². The van der Waals surface area contributed by atoms with Gasteiger partial charge in [-0.25, -0.2) is 4.98 Å². The lowest BCUT2D eigenvalue weighted by molar-refractivity contribution is -0.272. The van der Waals surface area contributed by atoms with Crippen molar-refractivity contribution in [1.82, 2.24) is 20.2 Å². The fourth-order valence-electron chi connectivity index (χ4n) is 3.40. The normalized spacial score (nSPS) is 19.3. The maximum absolute atomic E-state index is 13.5. The largest absolute Gasteiger partial charge is 0.424 e. The van der Waals surface area contributed by atoms with Crippen LogP contribution in [0.3, 0.4) is 0 Å². The minimum absolute atomic E-state index is 0.0895. The molecule has 0 saturated heterocycles. The van der Waals surface area contributed by atoms with E-state index in [2.05, 4.69) is 27.5 Å². The molecule has 1 heterocycles. The van der Waals surface area contributed by atoms with Crippen molar-refractivity contribution in [3.8, 4) is 0 Å². The van der Waals surface area contributed by atoms with Crippen LogP contribution in [0.2, 0.25) is 0 Å². The van der Waals surface area contributed by atoms with Crippen molar-refractivity contribution < 1.29 is 18.3 Å². The minimum Gasteiger partial charge on any atom is -0.374 e. The molecule has 1 aromatic heterocycles. The Labute approximate surface area is 158 Å². The Balaban J connectivity index is 2.04. The average molecular weight is 389 g/mol. The number of aliphatic hydroxyl groups is 1. The lowest BCUT2D eigenvalue weighted by Gasteiger charge is -2.40. The molecule has 0 aliphatic heterocycles. The molecule has 27 heavy (non-hydrogen) atoms. The summed E-state index contributed by atoms with van der Waals surface area (Å²) in [4.78, 5) is 8.26. The highest BCUT2D eigenvalue weighted by molar-refractivity contribution is 5.79. The molecule has 1 atom stereocenters. The first-order valence-electron chi connectivity index (χ1n) is 9.46. The Hall–Kier alpha value is -1.77. The van der Waals surface area contributed by atoms with E-state index >= 15 is 0 Å². The zero-order valence-electron chi connectivity index (χ0n) is 16.2. The molecule has 6 nitrogen and oxygen atoms in total. The molecular weight excluding hydrogens is 359 g/mol. The summed E-state index contributed by atoms with van der Waals surface area (Å²) in [7, 11) is 1.43. The summed E-state index contributed by atoms with van der Waals surface area (Å²) < 4.78 is 41.8. The van der Waals surface area contributed by atoms with E-state index in [1.54, 1.807) is 0 Å². The van der Waals surface area contributed by atoms with Gasteiger partial charge in [0.25, 0.3) is 0 Å². The van der Waals surface area contributed by atoms with E-state index in [1.165, 1.54) is 30.4 Å². The second kappa shape index (κ2) is 8.50. The van der Waals surface area contributed by atoms with Crippen LogP contribution >= 0.6 is 0 Å². The topological polar surface area (TPSA) is 74.5 Å². The Morgan fingerprint density at radius 2 is 2.04 bits per heavy atom. The number of hydrogen-bond acceptors (Lipinski definition) is 3. The summed E-state index contributed by atoms with van der Waals surface area (Å²) in [5, 5.41) is 16.3. The van der Waals surface area contributed by atoms with Crippen molar-refractivity contribution in [3.05, 3.63) is 18.2 Å². The van der Waals surface area contributed by atoms with Gasteiger partial charge in [0.2, 0.25) is 5.60 Å². The fraction of sp³-hybridized carbons (Fsp3) is 0.778. The van der Waals surface area contributed by atoms with E-state index in [4.69, 9.17) is 0 Å². The molecule has 1 fully saturated rings. The van der Waals surface area contributed by atoms with Gasteiger partial charge in [0.05, 0.1) is 0 Å². The van der Waals surface area contributed by atoms with E-state index in [1.807, 2.05) is 6.92 Å². The van der Waals surface area contributed by atoms with Crippen LogP contribution in [-0.4, -0.2) is 46.4 Å². The van der Waals surface area contributed by atoms with Crippen molar-refractivity contribution in [1.29, 1.82) is 0 Å². The third kappa shape index (κ3) is 4.75. The molecule has 0 amide bonds. The second-order valence-electron chi connectivity index (χ2n) is 7.30. The van der Waals surface area contributed by atoms with Crippen LogP contribution in [0.25, 0.3) is 0 Å². The lowest BCUT2D eigenvalue weighted by atomic mass is 9.67. The summed E-state index contributed by atoms with van der Waals surface area (Å²) in [5.41, 5.74) is -2.80. The van der Waals surface area contributed by atoms with Crippen molar-refractivity contribution in [2.75, 3.05) is 19.6 Å². The quantitative estimate of drug-likeness (QED) is 0.472. The molecular formula is C18H30F3N5O. The number of aryl methyl sites for hydroxylation is 1. The predicted octanol–water partition coefficient (Wildman–Crippen LogP) is 2.70. The van der Waals surface area contributed by atoms with Gasteiger partial charge in [0, 0.05) is 45.5 Å². The molecule has 9 heteroatoms. The maximum Gasteiger partial charge on any atom is 0.424 e. The first-order valence-corrected chi connectivity index (χ1v) is 9.46. The molecule has 1 aromatic rings. The van der Waals surface area contributed by atoms with E-state index in [-0.39, 0.29) is 12.0 Å². The first kappa shape index (κ1) is 21.5. The van der Waals surface area contributed by atoms with Crippen LogP contribution in [0.5, 0.6) is 0 Å². The van der Waals surface area contributed by atoms with Gasteiger partial charge in [-0.05, 0) is 31.6 Å².